The van der Waals surface area contributed by atoms with E-state index in [0.29, 0.717) is 30.7 Å². The molecule has 1 aromatic rings. The highest BCUT2D eigenvalue weighted by molar-refractivity contribution is 6.47. The average molecular weight is 556 g/mol. The molecule has 1 unspecified atom stereocenters. The molecule has 12 heteroatoms. The number of carbonyl (C=O) groups is 4. The standard InChI is InChI=1S/C28H41BN4O7/c1-7-30-26(37)39-33-25(36)18-10-8-17(9-11-18)24(35)31-15-23(34)32-22(12-16(2)3)29-38-21-14-19-13-20(27(19,4)5)28(21,6)40-29/h8-11,16,19-22H,7,12-15H2,1-6H3,(H,30,37)(H,31,35)(H,32,34)(H,33,36)/t19-,20-,21?,22+,28-/m1/s1. The Morgan fingerprint density at radius 3 is 2.27 bits per heavy atom. The van der Waals surface area contributed by atoms with E-state index in [0.717, 1.165) is 12.8 Å². The van der Waals surface area contributed by atoms with Crippen molar-refractivity contribution in [1.82, 2.24) is 21.4 Å². The zero-order chi connectivity index (χ0) is 29.2. The minimum atomic E-state index is -0.778. The van der Waals surface area contributed by atoms with Gasteiger partial charge in [0, 0.05) is 17.7 Å². The van der Waals surface area contributed by atoms with Crippen molar-refractivity contribution in [3.63, 3.8) is 0 Å². The highest BCUT2D eigenvalue weighted by Crippen LogP contribution is 2.65. The van der Waals surface area contributed by atoms with Crippen molar-refractivity contribution >= 4 is 30.9 Å². The molecule has 4 amide bonds. The third-order valence-corrected chi connectivity index (χ3v) is 8.75. The fourth-order valence-corrected chi connectivity index (χ4v) is 6.44. The van der Waals surface area contributed by atoms with Crippen LogP contribution in [0.3, 0.4) is 0 Å². The summed E-state index contributed by atoms with van der Waals surface area (Å²) in [4.78, 5) is 53.5. The van der Waals surface area contributed by atoms with E-state index in [1.165, 1.54) is 24.3 Å². The normalized spacial score (nSPS) is 26.7. The molecule has 0 radical (unpaired) electrons. The summed E-state index contributed by atoms with van der Waals surface area (Å²) in [5.41, 5.74) is 2.36. The van der Waals surface area contributed by atoms with E-state index in [9.17, 15) is 19.2 Å². The smallest absolute Gasteiger partial charge is 0.404 e. The molecule has 1 heterocycles. The van der Waals surface area contributed by atoms with Gasteiger partial charge in [-0.2, -0.15) is 5.48 Å². The first kappa shape index (κ1) is 29.9. The van der Waals surface area contributed by atoms with Crippen LogP contribution in [0.25, 0.3) is 0 Å². The molecule has 3 aliphatic carbocycles. The van der Waals surface area contributed by atoms with Crippen molar-refractivity contribution in [2.24, 2.45) is 23.2 Å². The lowest BCUT2D eigenvalue weighted by atomic mass is 9.43. The van der Waals surface area contributed by atoms with Crippen LogP contribution in [0.4, 0.5) is 4.79 Å². The third kappa shape index (κ3) is 6.12. The van der Waals surface area contributed by atoms with Crippen LogP contribution in [0.2, 0.25) is 0 Å². The first-order valence-corrected chi connectivity index (χ1v) is 14.1. The molecule has 4 fully saturated rings. The number of carbonyl (C=O) groups excluding carboxylic acids is 4. The van der Waals surface area contributed by atoms with E-state index in [1.54, 1.807) is 6.92 Å². The molecule has 4 N–H and O–H groups in total. The maximum atomic E-state index is 12.9. The van der Waals surface area contributed by atoms with E-state index >= 15 is 0 Å². The van der Waals surface area contributed by atoms with Gasteiger partial charge in [-0.1, -0.05) is 27.7 Å². The van der Waals surface area contributed by atoms with Crippen molar-refractivity contribution in [3.05, 3.63) is 35.4 Å². The van der Waals surface area contributed by atoms with Crippen molar-refractivity contribution < 1.29 is 33.3 Å². The molecule has 218 valence electrons. The number of rotatable bonds is 9. The fourth-order valence-electron chi connectivity index (χ4n) is 6.44. The number of amides is 4. The molecular weight excluding hydrogens is 515 g/mol. The molecule has 2 bridgehead atoms. The minimum absolute atomic E-state index is 0.0191. The number of hydrogen-bond donors (Lipinski definition) is 4. The van der Waals surface area contributed by atoms with Crippen molar-refractivity contribution in [3.8, 4) is 0 Å². The lowest BCUT2D eigenvalue weighted by Crippen LogP contribution is -2.65. The van der Waals surface area contributed by atoms with Crippen LogP contribution in [0.15, 0.2) is 24.3 Å². The minimum Gasteiger partial charge on any atom is -0.404 e. The lowest BCUT2D eigenvalue weighted by Gasteiger charge is -2.64. The van der Waals surface area contributed by atoms with Crippen molar-refractivity contribution in [2.45, 2.75) is 78.5 Å². The Kier molecular flexibility index (Phi) is 8.79. The molecule has 11 nitrogen and oxygen atoms in total. The highest BCUT2D eigenvalue weighted by Gasteiger charge is 2.68. The van der Waals surface area contributed by atoms with Gasteiger partial charge in [0.15, 0.2) is 0 Å². The Bertz CT molecular complexity index is 1130. The van der Waals surface area contributed by atoms with E-state index in [-0.39, 0.29) is 46.6 Å². The van der Waals surface area contributed by atoms with E-state index in [1.807, 2.05) is 5.48 Å². The second-order valence-corrected chi connectivity index (χ2v) is 12.3. The van der Waals surface area contributed by atoms with Crippen molar-refractivity contribution in [1.29, 1.82) is 0 Å². The fraction of sp³-hybridized carbons (Fsp3) is 0.643. The molecule has 1 aliphatic heterocycles. The molecule has 1 saturated heterocycles. The van der Waals surface area contributed by atoms with Crippen LogP contribution < -0.4 is 21.4 Å². The average Bonchev–Trinajstić information content (AvgIpc) is 3.27. The summed E-state index contributed by atoms with van der Waals surface area (Å²) in [7, 11) is -0.539. The number of benzene rings is 1. The Labute approximate surface area is 235 Å². The van der Waals surface area contributed by atoms with Crippen LogP contribution >= 0.6 is 0 Å². The molecule has 4 aliphatic rings. The molecule has 5 atom stereocenters. The quantitative estimate of drug-likeness (QED) is 0.270. The summed E-state index contributed by atoms with van der Waals surface area (Å²) >= 11 is 0. The van der Waals surface area contributed by atoms with E-state index in [2.05, 4.69) is 55.4 Å². The molecule has 40 heavy (non-hydrogen) atoms. The Hall–Kier alpha value is -3.12. The van der Waals surface area contributed by atoms with Crippen LogP contribution in [-0.4, -0.2) is 61.7 Å². The molecular formula is C28H41BN4O7. The maximum absolute atomic E-state index is 12.9. The Morgan fingerprint density at radius 1 is 1.02 bits per heavy atom. The van der Waals surface area contributed by atoms with Gasteiger partial charge < -0.3 is 30.1 Å². The van der Waals surface area contributed by atoms with Crippen LogP contribution in [0.1, 0.15) is 81.5 Å². The van der Waals surface area contributed by atoms with Gasteiger partial charge in [-0.3, -0.25) is 14.4 Å². The van der Waals surface area contributed by atoms with Gasteiger partial charge in [0.25, 0.3) is 11.8 Å². The lowest BCUT2D eigenvalue weighted by molar-refractivity contribution is -0.199. The Balaban J connectivity index is 1.29. The third-order valence-electron chi connectivity index (χ3n) is 8.75. The summed E-state index contributed by atoms with van der Waals surface area (Å²) in [6, 6.07) is 5.74. The van der Waals surface area contributed by atoms with Crippen LogP contribution in [-0.2, 0) is 18.9 Å². The Morgan fingerprint density at radius 2 is 1.68 bits per heavy atom. The highest BCUT2D eigenvalue weighted by atomic mass is 16.7. The second kappa shape index (κ2) is 11.8. The molecule has 3 saturated carbocycles. The zero-order valence-electron chi connectivity index (χ0n) is 24.2. The first-order chi connectivity index (χ1) is 18.8. The topological polar surface area (TPSA) is 144 Å². The summed E-state index contributed by atoms with van der Waals surface area (Å²) in [5.74, 6) is -0.422. The molecule has 0 spiro atoms. The first-order valence-electron chi connectivity index (χ1n) is 14.1. The molecule has 0 aromatic heterocycles. The summed E-state index contributed by atoms with van der Waals surface area (Å²) in [6.45, 7) is 12.8. The van der Waals surface area contributed by atoms with Gasteiger partial charge >= 0.3 is 13.2 Å². The number of nitrogens with one attached hydrogen (secondary N) is 4. The van der Waals surface area contributed by atoms with Gasteiger partial charge in [-0.05, 0) is 80.5 Å². The summed E-state index contributed by atoms with van der Waals surface area (Å²) in [5, 5.41) is 8.03. The SMILES string of the molecule is CCNC(=O)ONC(=O)c1ccc(C(=O)NCC(=O)N[C@@H](CC(C)C)B2OC3C[C@H]4C[C@H](C4(C)C)[C@@]3(C)O2)cc1. The number of hydrogen-bond acceptors (Lipinski definition) is 7. The van der Waals surface area contributed by atoms with Crippen LogP contribution in [0, 0.1) is 23.2 Å². The zero-order valence-corrected chi connectivity index (χ0v) is 24.2. The molecule has 1 aromatic carbocycles. The predicted octanol–water partition coefficient (Wildman–Crippen LogP) is 2.61. The van der Waals surface area contributed by atoms with Crippen LogP contribution in [0.5, 0.6) is 0 Å². The van der Waals surface area contributed by atoms with E-state index < -0.39 is 25.0 Å². The van der Waals surface area contributed by atoms with E-state index in [4.69, 9.17) is 9.31 Å². The van der Waals surface area contributed by atoms with Gasteiger partial charge in [-0.15, -0.1) is 0 Å². The maximum Gasteiger partial charge on any atom is 0.481 e. The van der Waals surface area contributed by atoms with Gasteiger partial charge in [-0.25, -0.2) is 4.79 Å². The number of hydroxylamine groups is 1. The summed E-state index contributed by atoms with van der Waals surface area (Å²) < 4.78 is 13.0. The van der Waals surface area contributed by atoms with Gasteiger partial charge in [0.05, 0.1) is 24.2 Å². The van der Waals surface area contributed by atoms with Crippen molar-refractivity contribution in [2.75, 3.05) is 13.1 Å². The van der Waals surface area contributed by atoms with Gasteiger partial charge in [0.2, 0.25) is 5.91 Å². The predicted molar refractivity (Wildman–Crippen MR) is 148 cm³/mol. The monoisotopic (exact) mass is 556 g/mol. The summed E-state index contributed by atoms with van der Waals surface area (Å²) in [6.07, 6.45) is 2.04. The molecule has 5 rings (SSSR count). The van der Waals surface area contributed by atoms with Gasteiger partial charge in [0.1, 0.15) is 0 Å². The second-order valence-electron chi connectivity index (χ2n) is 12.3. The largest absolute Gasteiger partial charge is 0.481 e.